The van der Waals surface area contributed by atoms with Gasteiger partial charge in [0, 0.05) is 6.20 Å². The lowest BCUT2D eigenvalue weighted by molar-refractivity contribution is -0.142. The summed E-state index contributed by atoms with van der Waals surface area (Å²) in [5.41, 5.74) is 0.860. The lowest BCUT2D eigenvalue weighted by Crippen LogP contribution is -2.21. The predicted octanol–water partition coefficient (Wildman–Crippen LogP) is 3.50. The van der Waals surface area contributed by atoms with Gasteiger partial charge in [0.15, 0.2) is 0 Å². The van der Waals surface area contributed by atoms with E-state index in [2.05, 4.69) is 36.8 Å². The Morgan fingerprint density at radius 3 is 2.75 bits per heavy atom. The van der Waals surface area contributed by atoms with E-state index in [1.807, 2.05) is 6.07 Å². The number of esters is 1. The summed E-state index contributed by atoms with van der Waals surface area (Å²) >= 11 is 12.4. The van der Waals surface area contributed by atoms with E-state index in [0.29, 0.717) is 11.8 Å². The molecule has 0 amide bonds. The molecule has 3 nitrogen and oxygen atoms in total. The Morgan fingerprint density at radius 2 is 2.25 bits per heavy atom. The van der Waals surface area contributed by atoms with Gasteiger partial charge in [-0.3, -0.25) is 4.79 Å². The first-order valence-corrected chi connectivity index (χ1v) is 6.83. The predicted molar refractivity (Wildman–Crippen MR) is 70.3 cm³/mol. The van der Waals surface area contributed by atoms with E-state index in [9.17, 15) is 4.79 Å². The van der Waals surface area contributed by atoms with E-state index in [0.717, 1.165) is 5.56 Å². The van der Waals surface area contributed by atoms with Crippen LogP contribution in [0.15, 0.2) is 18.3 Å². The van der Waals surface area contributed by atoms with Gasteiger partial charge < -0.3 is 4.74 Å². The lowest BCUT2D eigenvalue weighted by Gasteiger charge is -2.15. The van der Waals surface area contributed by atoms with Crippen LogP contribution in [0.25, 0.3) is 0 Å². The van der Waals surface area contributed by atoms with Crippen molar-refractivity contribution in [2.75, 3.05) is 6.61 Å². The van der Waals surface area contributed by atoms with E-state index in [1.54, 1.807) is 19.2 Å². The van der Waals surface area contributed by atoms with Gasteiger partial charge in [0.05, 0.1) is 11.4 Å². The average molecular weight is 371 g/mol. The van der Waals surface area contributed by atoms with Crippen molar-refractivity contribution < 1.29 is 9.53 Å². The van der Waals surface area contributed by atoms with Crippen molar-refractivity contribution in [1.82, 2.24) is 4.98 Å². The number of carbonyl (C=O) groups is 1. The standard InChI is InChI=1S/C10H10Br2ClNO2/c1-2-16-10(15)9(12)8(11)6-3-4-7(13)14-5-6/h3-5,8-9H,2H2,1H3/t8-,9-/m1/s1. The topological polar surface area (TPSA) is 39.2 Å². The summed E-state index contributed by atoms with van der Waals surface area (Å²) in [4.78, 5) is 14.8. The molecule has 0 bridgehead atoms. The van der Waals surface area contributed by atoms with Gasteiger partial charge in [0.2, 0.25) is 0 Å². The molecule has 0 spiro atoms. The van der Waals surface area contributed by atoms with Crippen LogP contribution >= 0.6 is 43.5 Å². The monoisotopic (exact) mass is 369 g/mol. The molecule has 16 heavy (non-hydrogen) atoms. The molecular formula is C10H10Br2ClNO2. The molecule has 0 saturated heterocycles. The Labute approximate surface area is 116 Å². The normalized spacial score (nSPS) is 14.2. The minimum absolute atomic E-state index is 0.198. The fraction of sp³-hybridized carbons (Fsp3) is 0.400. The van der Waals surface area contributed by atoms with Gasteiger partial charge in [0.1, 0.15) is 9.98 Å². The van der Waals surface area contributed by atoms with Crippen molar-refractivity contribution in [2.45, 2.75) is 16.6 Å². The summed E-state index contributed by atoms with van der Waals surface area (Å²) in [6.07, 6.45) is 1.62. The largest absolute Gasteiger partial charge is 0.465 e. The third-order valence-electron chi connectivity index (χ3n) is 1.84. The van der Waals surface area contributed by atoms with Gasteiger partial charge in [-0.05, 0) is 18.6 Å². The summed E-state index contributed by atoms with van der Waals surface area (Å²) in [5, 5.41) is 0.422. The molecule has 1 aromatic heterocycles. The first kappa shape index (κ1) is 13.9. The Bertz CT molecular complexity index is 358. The molecule has 0 saturated carbocycles. The second-order valence-electron chi connectivity index (χ2n) is 2.97. The zero-order valence-electron chi connectivity index (χ0n) is 8.49. The Hall–Kier alpha value is -0.130. The molecule has 0 aliphatic carbocycles. The maximum Gasteiger partial charge on any atom is 0.321 e. The molecule has 0 aromatic carbocycles. The molecule has 0 radical (unpaired) electrons. The fourth-order valence-electron chi connectivity index (χ4n) is 1.06. The Balaban J connectivity index is 2.73. The molecule has 0 fully saturated rings. The molecule has 0 aliphatic heterocycles. The van der Waals surface area contributed by atoms with Gasteiger partial charge in [-0.2, -0.15) is 0 Å². The van der Waals surface area contributed by atoms with Crippen LogP contribution in [0.2, 0.25) is 5.15 Å². The molecule has 2 atom stereocenters. The number of aromatic nitrogens is 1. The third-order valence-corrected chi connectivity index (χ3v) is 4.73. The van der Waals surface area contributed by atoms with E-state index in [-0.39, 0.29) is 10.8 Å². The minimum Gasteiger partial charge on any atom is -0.465 e. The number of carbonyl (C=O) groups excluding carboxylic acids is 1. The van der Waals surface area contributed by atoms with E-state index >= 15 is 0 Å². The summed E-state index contributed by atoms with van der Waals surface area (Å²) < 4.78 is 4.91. The number of hydrogen-bond acceptors (Lipinski definition) is 3. The lowest BCUT2D eigenvalue weighted by atomic mass is 10.1. The van der Waals surface area contributed by atoms with Crippen LogP contribution in [0.5, 0.6) is 0 Å². The maximum atomic E-state index is 11.5. The highest BCUT2D eigenvalue weighted by Crippen LogP contribution is 2.31. The molecule has 88 valence electrons. The minimum atomic E-state index is -0.449. The number of rotatable bonds is 4. The first-order chi connectivity index (χ1) is 7.56. The molecule has 0 aliphatic rings. The van der Waals surface area contributed by atoms with Crippen molar-refractivity contribution >= 4 is 49.4 Å². The number of pyridine rings is 1. The molecule has 6 heteroatoms. The Morgan fingerprint density at radius 1 is 1.56 bits per heavy atom. The average Bonchev–Trinajstić information content (AvgIpc) is 2.28. The van der Waals surface area contributed by atoms with Crippen LogP contribution in [0, 0.1) is 0 Å². The highest BCUT2D eigenvalue weighted by atomic mass is 79.9. The van der Waals surface area contributed by atoms with Gasteiger partial charge in [-0.15, -0.1) is 0 Å². The van der Waals surface area contributed by atoms with E-state index in [1.165, 1.54) is 0 Å². The highest BCUT2D eigenvalue weighted by Gasteiger charge is 2.26. The quantitative estimate of drug-likeness (QED) is 0.462. The number of alkyl halides is 2. The second kappa shape index (κ2) is 6.57. The third kappa shape index (κ3) is 3.71. The molecule has 0 unspecified atom stereocenters. The molecule has 1 aromatic rings. The van der Waals surface area contributed by atoms with Gasteiger partial charge in [-0.1, -0.05) is 49.5 Å². The molecule has 1 heterocycles. The van der Waals surface area contributed by atoms with Crippen molar-refractivity contribution in [3.8, 4) is 0 Å². The molecule has 1 rings (SSSR count). The second-order valence-corrected chi connectivity index (χ2v) is 5.33. The summed E-state index contributed by atoms with van der Waals surface area (Å²) in [6, 6.07) is 3.48. The smallest absolute Gasteiger partial charge is 0.321 e. The Kier molecular flexibility index (Phi) is 5.72. The van der Waals surface area contributed by atoms with E-state index in [4.69, 9.17) is 16.3 Å². The van der Waals surface area contributed by atoms with Crippen LogP contribution < -0.4 is 0 Å². The van der Waals surface area contributed by atoms with Crippen molar-refractivity contribution in [1.29, 1.82) is 0 Å². The van der Waals surface area contributed by atoms with Crippen molar-refractivity contribution in [3.63, 3.8) is 0 Å². The number of ether oxygens (including phenoxy) is 1. The summed E-state index contributed by atoms with van der Waals surface area (Å²) in [5.74, 6) is -0.306. The van der Waals surface area contributed by atoms with Crippen LogP contribution in [0.4, 0.5) is 0 Å². The number of nitrogens with zero attached hydrogens (tertiary/aromatic N) is 1. The SMILES string of the molecule is CCOC(=O)[C@H](Br)[C@H](Br)c1ccc(Cl)nc1. The van der Waals surface area contributed by atoms with Crippen LogP contribution in [-0.4, -0.2) is 22.4 Å². The first-order valence-electron chi connectivity index (χ1n) is 4.62. The maximum absolute atomic E-state index is 11.5. The van der Waals surface area contributed by atoms with Crippen LogP contribution in [0.1, 0.15) is 17.3 Å². The summed E-state index contributed by atoms with van der Waals surface area (Å²) in [6.45, 7) is 2.13. The van der Waals surface area contributed by atoms with Gasteiger partial charge in [-0.25, -0.2) is 4.98 Å². The van der Waals surface area contributed by atoms with E-state index < -0.39 is 4.83 Å². The van der Waals surface area contributed by atoms with Crippen LogP contribution in [0.3, 0.4) is 0 Å². The zero-order valence-corrected chi connectivity index (χ0v) is 12.4. The van der Waals surface area contributed by atoms with Crippen molar-refractivity contribution in [3.05, 3.63) is 29.0 Å². The van der Waals surface area contributed by atoms with Crippen molar-refractivity contribution in [2.24, 2.45) is 0 Å². The highest BCUT2D eigenvalue weighted by molar-refractivity contribution is 9.12. The summed E-state index contributed by atoms with van der Waals surface area (Å²) in [7, 11) is 0. The van der Waals surface area contributed by atoms with Crippen LogP contribution in [-0.2, 0) is 9.53 Å². The number of halogens is 3. The fourth-order valence-corrected chi connectivity index (χ4v) is 2.10. The molecule has 0 N–H and O–H groups in total. The van der Waals surface area contributed by atoms with Gasteiger partial charge >= 0.3 is 5.97 Å². The van der Waals surface area contributed by atoms with Gasteiger partial charge in [0.25, 0.3) is 0 Å². The number of hydrogen-bond donors (Lipinski definition) is 0. The molecular weight excluding hydrogens is 361 g/mol. The zero-order chi connectivity index (χ0) is 12.1.